The van der Waals surface area contributed by atoms with Gasteiger partial charge in [-0.15, -0.1) is 0 Å². The van der Waals surface area contributed by atoms with Crippen molar-refractivity contribution in [3.05, 3.63) is 60.7 Å². The first-order valence-corrected chi connectivity index (χ1v) is 8.98. The van der Waals surface area contributed by atoms with E-state index in [1.807, 2.05) is 0 Å². The summed E-state index contributed by atoms with van der Waals surface area (Å²) < 4.78 is 25.2. The van der Waals surface area contributed by atoms with E-state index in [1.165, 1.54) is 61.5 Å². The number of anilines is 2. The zero-order chi connectivity index (χ0) is 18.4. The molecular weight excluding hydrogens is 340 g/mol. The Balaban J connectivity index is 2.21. The lowest BCUT2D eigenvalue weighted by molar-refractivity contribution is -0.114. The van der Waals surface area contributed by atoms with Crippen molar-refractivity contribution in [1.82, 2.24) is 0 Å². The highest BCUT2D eigenvalue weighted by molar-refractivity contribution is 7.91. The fourth-order valence-electron chi connectivity index (χ4n) is 2.11. The molecule has 6 nitrogen and oxygen atoms in total. The van der Waals surface area contributed by atoms with E-state index in [4.69, 9.17) is 0 Å². The summed E-state index contributed by atoms with van der Waals surface area (Å²) in [6.07, 6.45) is 2.99. The Hall–Kier alpha value is -2.93. The van der Waals surface area contributed by atoms with Crippen molar-refractivity contribution >= 4 is 33.0 Å². The molecule has 0 fully saturated rings. The molecule has 0 aromatic heterocycles. The highest BCUT2D eigenvalue weighted by atomic mass is 32.2. The molecule has 0 heterocycles. The third-order valence-corrected chi connectivity index (χ3v) is 5.02. The van der Waals surface area contributed by atoms with E-state index in [-0.39, 0.29) is 21.6 Å². The molecule has 2 aromatic rings. The van der Waals surface area contributed by atoms with Crippen molar-refractivity contribution in [2.24, 2.45) is 0 Å². The maximum atomic E-state index is 12.6. The molecule has 0 atom stereocenters. The molecule has 0 spiro atoms. The third kappa shape index (κ3) is 4.77. The van der Waals surface area contributed by atoms with Crippen molar-refractivity contribution in [2.75, 3.05) is 10.6 Å². The van der Waals surface area contributed by atoms with Crippen LogP contribution in [0.3, 0.4) is 0 Å². The summed E-state index contributed by atoms with van der Waals surface area (Å²) >= 11 is 0. The molecule has 0 saturated carbocycles. The molecule has 2 amide bonds. The Labute approximate surface area is 146 Å². The quantitative estimate of drug-likeness (QED) is 0.804. The number of carbonyl (C=O) groups excluding carboxylic acids is 2. The largest absolute Gasteiger partial charge is 0.326 e. The minimum atomic E-state index is -3.68. The summed E-state index contributed by atoms with van der Waals surface area (Å²) in [6, 6.07) is 11.8. The van der Waals surface area contributed by atoms with E-state index in [0.717, 1.165) is 0 Å². The SMILES string of the molecule is C/C=C/C(=O)Nc1ccc(S(=O)(=O)c2ccc(NC(C)=O)cc2)cc1. The number of carbonyl (C=O) groups is 2. The van der Waals surface area contributed by atoms with Gasteiger partial charge in [0.25, 0.3) is 0 Å². The van der Waals surface area contributed by atoms with Crippen LogP contribution in [0.5, 0.6) is 0 Å². The Morgan fingerprint density at radius 2 is 1.28 bits per heavy atom. The molecule has 0 saturated heterocycles. The van der Waals surface area contributed by atoms with Crippen LogP contribution in [0.15, 0.2) is 70.5 Å². The van der Waals surface area contributed by atoms with Crippen LogP contribution < -0.4 is 10.6 Å². The van der Waals surface area contributed by atoms with Gasteiger partial charge in [0.1, 0.15) is 0 Å². The minimum absolute atomic E-state index is 0.115. The summed E-state index contributed by atoms with van der Waals surface area (Å²) in [5.41, 5.74) is 1.02. The van der Waals surface area contributed by atoms with Gasteiger partial charge in [-0.2, -0.15) is 0 Å². The van der Waals surface area contributed by atoms with Gasteiger partial charge in [0.2, 0.25) is 21.7 Å². The summed E-state index contributed by atoms with van der Waals surface area (Å²) in [7, 11) is -3.68. The molecule has 2 aromatic carbocycles. The molecule has 7 heteroatoms. The lowest BCUT2D eigenvalue weighted by Gasteiger charge is -2.08. The van der Waals surface area contributed by atoms with E-state index < -0.39 is 9.84 Å². The van der Waals surface area contributed by atoms with E-state index in [9.17, 15) is 18.0 Å². The number of nitrogens with one attached hydrogen (secondary N) is 2. The van der Waals surface area contributed by atoms with Crippen LogP contribution in [0.1, 0.15) is 13.8 Å². The zero-order valence-corrected chi connectivity index (χ0v) is 14.6. The summed E-state index contributed by atoms with van der Waals surface area (Å²) in [5, 5.41) is 5.21. The fourth-order valence-corrected chi connectivity index (χ4v) is 3.37. The Kier molecular flexibility index (Phi) is 5.71. The molecule has 0 aliphatic rings. The molecule has 0 unspecified atom stereocenters. The van der Waals surface area contributed by atoms with Crippen LogP contribution >= 0.6 is 0 Å². The van der Waals surface area contributed by atoms with Gasteiger partial charge in [-0.3, -0.25) is 9.59 Å². The van der Waals surface area contributed by atoms with Crippen LogP contribution in [-0.2, 0) is 19.4 Å². The first-order chi connectivity index (χ1) is 11.8. The first kappa shape index (κ1) is 18.4. The lowest BCUT2D eigenvalue weighted by atomic mass is 10.3. The number of hydrogen-bond donors (Lipinski definition) is 2. The lowest BCUT2D eigenvalue weighted by Crippen LogP contribution is -2.08. The van der Waals surface area contributed by atoms with Gasteiger partial charge >= 0.3 is 0 Å². The Morgan fingerprint density at radius 3 is 1.68 bits per heavy atom. The number of amides is 2. The van der Waals surface area contributed by atoms with Gasteiger partial charge in [0.05, 0.1) is 9.79 Å². The van der Waals surface area contributed by atoms with Gasteiger partial charge in [0, 0.05) is 18.3 Å². The maximum absolute atomic E-state index is 12.6. The number of hydrogen-bond acceptors (Lipinski definition) is 4. The molecule has 0 bridgehead atoms. The normalized spacial score (nSPS) is 11.3. The molecule has 130 valence electrons. The highest BCUT2D eigenvalue weighted by Gasteiger charge is 2.17. The Morgan fingerprint density at radius 1 is 0.840 bits per heavy atom. The predicted molar refractivity (Wildman–Crippen MR) is 96.1 cm³/mol. The van der Waals surface area contributed by atoms with E-state index in [2.05, 4.69) is 10.6 Å². The number of rotatable bonds is 5. The molecule has 0 aliphatic carbocycles. The van der Waals surface area contributed by atoms with E-state index in [0.29, 0.717) is 11.4 Å². The van der Waals surface area contributed by atoms with Crippen molar-refractivity contribution in [3.63, 3.8) is 0 Å². The van der Waals surface area contributed by atoms with Gasteiger partial charge in [-0.25, -0.2) is 8.42 Å². The predicted octanol–water partition coefficient (Wildman–Crippen LogP) is 2.99. The molecule has 2 rings (SSSR count). The highest BCUT2D eigenvalue weighted by Crippen LogP contribution is 2.23. The molecule has 25 heavy (non-hydrogen) atoms. The van der Waals surface area contributed by atoms with Crippen molar-refractivity contribution in [3.8, 4) is 0 Å². The monoisotopic (exact) mass is 358 g/mol. The van der Waals surface area contributed by atoms with E-state index in [1.54, 1.807) is 13.0 Å². The fraction of sp³-hybridized carbons (Fsp3) is 0.111. The van der Waals surface area contributed by atoms with Crippen molar-refractivity contribution in [1.29, 1.82) is 0 Å². The first-order valence-electron chi connectivity index (χ1n) is 7.49. The molecule has 0 radical (unpaired) electrons. The van der Waals surface area contributed by atoms with Gasteiger partial charge in [-0.05, 0) is 61.5 Å². The standard InChI is InChI=1S/C18H18N2O4S/c1-3-4-18(22)20-15-7-11-17(12-8-15)25(23,24)16-9-5-14(6-10-16)19-13(2)21/h3-12H,1-2H3,(H,19,21)(H,20,22)/b4-3+. The third-order valence-electron chi connectivity index (χ3n) is 3.24. The number of allylic oxidation sites excluding steroid dienone is 1. The van der Waals surface area contributed by atoms with Gasteiger partial charge < -0.3 is 10.6 Å². The van der Waals surface area contributed by atoms with E-state index >= 15 is 0 Å². The maximum Gasteiger partial charge on any atom is 0.248 e. The van der Waals surface area contributed by atoms with Crippen molar-refractivity contribution < 1.29 is 18.0 Å². The minimum Gasteiger partial charge on any atom is -0.326 e. The summed E-state index contributed by atoms with van der Waals surface area (Å²) in [6.45, 7) is 3.10. The average molecular weight is 358 g/mol. The smallest absolute Gasteiger partial charge is 0.248 e. The molecule has 0 aliphatic heterocycles. The van der Waals surface area contributed by atoms with Crippen LogP contribution in [0.4, 0.5) is 11.4 Å². The summed E-state index contributed by atoms with van der Waals surface area (Å²) in [4.78, 5) is 22.7. The van der Waals surface area contributed by atoms with Crippen LogP contribution in [0.2, 0.25) is 0 Å². The second-order valence-electron chi connectivity index (χ2n) is 5.22. The molecule has 2 N–H and O–H groups in total. The zero-order valence-electron chi connectivity index (χ0n) is 13.8. The van der Waals surface area contributed by atoms with Crippen LogP contribution in [0, 0.1) is 0 Å². The van der Waals surface area contributed by atoms with Crippen LogP contribution in [-0.4, -0.2) is 20.2 Å². The second-order valence-corrected chi connectivity index (χ2v) is 7.17. The number of benzene rings is 2. The van der Waals surface area contributed by atoms with Crippen LogP contribution in [0.25, 0.3) is 0 Å². The summed E-state index contributed by atoms with van der Waals surface area (Å²) in [5.74, 6) is -0.516. The van der Waals surface area contributed by atoms with Gasteiger partial charge in [0.15, 0.2) is 0 Å². The average Bonchev–Trinajstić information content (AvgIpc) is 2.55. The number of sulfone groups is 1. The second kappa shape index (κ2) is 7.76. The van der Waals surface area contributed by atoms with Crippen molar-refractivity contribution in [2.45, 2.75) is 23.6 Å². The topological polar surface area (TPSA) is 92.3 Å². The Bertz CT molecular complexity index is 899. The molecular formula is C18H18N2O4S. The van der Waals surface area contributed by atoms with Gasteiger partial charge in [-0.1, -0.05) is 6.08 Å².